The van der Waals surface area contributed by atoms with E-state index in [1.807, 2.05) is 11.6 Å². The number of nitrogens with one attached hydrogen (secondary N) is 2. The predicted octanol–water partition coefficient (Wildman–Crippen LogP) is 2.12. The van der Waals surface area contributed by atoms with Crippen LogP contribution in [0.15, 0.2) is 43.0 Å². The lowest BCUT2D eigenvalue weighted by Crippen LogP contribution is -2.18. The van der Waals surface area contributed by atoms with Crippen LogP contribution in [0.25, 0.3) is 22.3 Å². The molecule has 4 aromatic rings. The summed E-state index contributed by atoms with van der Waals surface area (Å²) in [5.74, 6) is -0.123. The molecular weight excluding hydrogens is 384 g/mol. The third-order valence-electron chi connectivity index (χ3n) is 4.57. The number of carbonyl (C=O) groups is 2. The van der Waals surface area contributed by atoms with Crippen LogP contribution in [0.3, 0.4) is 0 Å². The van der Waals surface area contributed by atoms with Crippen LogP contribution in [0.4, 0.5) is 17.3 Å². The molecule has 3 heterocycles. The number of nitrogens with zero attached hydrogens (tertiary/aromatic N) is 5. The fourth-order valence-corrected chi connectivity index (χ4v) is 3.05. The monoisotopic (exact) mass is 402 g/mol. The summed E-state index contributed by atoms with van der Waals surface area (Å²) < 4.78 is 1.84. The van der Waals surface area contributed by atoms with Crippen LogP contribution in [0.1, 0.15) is 20.8 Å². The summed E-state index contributed by atoms with van der Waals surface area (Å²) in [6.45, 7) is 0. The van der Waals surface area contributed by atoms with Gasteiger partial charge < -0.3 is 20.9 Å². The second-order valence-electron chi connectivity index (χ2n) is 6.51. The number of nitrogens with two attached hydrogens (primary N) is 1. The van der Waals surface area contributed by atoms with Gasteiger partial charge in [-0.1, -0.05) is 0 Å². The van der Waals surface area contributed by atoms with E-state index in [9.17, 15) is 9.59 Å². The first-order chi connectivity index (χ1) is 14.5. The normalized spacial score (nSPS) is 10.7. The zero-order chi connectivity index (χ0) is 21.3. The molecule has 0 aliphatic rings. The molecular formula is C20H18N8O2. The molecule has 1 aromatic carbocycles. The fourth-order valence-electron chi connectivity index (χ4n) is 3.05. The van der Waals surface area contributed by atoms with Crippen LogP contribution in [0, 0.1) is 0 Å². The maximum Gasteiger partial charge on any atom is 0.271 e. The first-order valence-corrected chi connectivity index (χ1v) is 8.99. The Hall–Kier alpha value is -4.34. The number of carbonyl (C=O) groups excluding carboxylic acids is 2. The van der Waals surface area contributed by atoms with Gasteiger partial charge in [-0.15, -0.1) is 0 Å². The molecule has 0 saturated heterocycles. The van der Waals surface area contributed by atoms with Gasteiger partial charge in [0.1, 0.15) is 17.5 Å². The van der Waals surface area contributed by atoms with E-state index >= 15 is 0 Å². The van der Waals surface area contributed by atoms with E-state index < -0.39 is 5.91 Å². The minimum atomic E-state index is -0.737. The molecule has 0 atom stereocenters. The molecule has 0 radical (unpaired) electrons. The molecule has 10 heteroatoms. The maximum absolute atomic E-state index is 12.1. The van der Waals surface area contributed by atoms with Crippen molar-refractivity contribution in [3.8, 4) is 11.3 Å². The van der Waals surface area contributed by atoms with Gasteiger partial charge in [0, 0.05) is 31.5 Å². The topological polar surface area (TPSA) is 141 Å². The molecule has 0 spiro atoms. The fraction of sp³-hybridized carbons (Fsp3) is 0.100. The number of fused-ring (bicyclic) bond motifs is 1. The Morgan fingerprint density at radius 2 is 1.90 bits per heavy atom. The predicted molar refractivity (Wildman–Crippen MR) is 113 cm³/mol. The Balaban J connectivity index is 1.85. The van der Waals surface area contributed by atoms with Crippen LogP contribution in [-0.4, -0.2) is 43.7 Å². The quantitative estimate of drug-likeness (QED) is 0.417. The number of amides is 1. The lowest BCUT2D eigenvalue weighted by molar-refractivity contribution is 0.0996. The molecule has 0 saturated carbocycles. The zero-order valence-electron chi connectivity index (χ0n) is 16.2. The van der Waals surface area contributed by atoms with Crippen molar-refractivity contribution >= 4 is 40.5 Å². The SMILES string of the molecule is CNc1nc(Nc2ccc(C=O)cc2)c(C(N)=O)nc1-c1cncc2c1ncn2C. The van der Waals surface area contributed by atoms with E-state index in [1.165, 1.54) is 0 Å². The smallest absolute Gasteiger partial charge is 0.271 e. The highest BCUT2D eigenvalue weighted by Gasteiger charge is 2.21. The van der Waals surface area contributed by atoms with E-state index in [2.05, 4.69) is 30.6 Å². The van der Waals surface area contributed by atoms with Gasteiger partial charge in [0.25, 0.3) is 5.91 Å². The van der Waals surface area contributed by atoms with Gasteiger partial charge in [0.2, 0.25) is 0 Å². The number of aryl methyl sites for hydroxylation is 1. The molecule has 0 fully saturated rings. The Labute approximate surface area is 171 Å². The van der Waals surface area contributed by atoms with Gasteiger partial charge in [-0.3, -0.25) is 14.6 Å². The zero-order valence-corrected chi connectivity index (χ0v) is 16.2. The highest BCUT2D eigenvalue weighted by atomic mass is 16.1. The van der Waals surface area contributed by atoms with E-state index in [0.717, 1.165) is 11.8 Å². The average Bonchev–Trinajstić information content (AvgIpc) is 3.15. The molecule has 4 N–H and O–H groups in total. The second-order valence-corrected chi connectivity index (χ2v) is 6.51. The van der Waals surface area contributed by atoms with Crippen LogP contribution in [-0.2, 0) is 7.05 Å². The molecule has 4 rings (SSSR count). The summed E-state index contributed by atoms with van der Waals surface area (Å²) in [5.41, 5.74) is 9.23. The lowest BCUT2D eigenvalue weighted by Gasteiger charge is -2.14. The van der Waals surface area contributed by atoms with Gasteiger partial charge in [0.05, 0.1) is 23.6 Å². The van der Waals surface area contributed by atoms with Gasteiger partial charge in [-0.2, -0.15) is 0 Å². The van der Waals surface area contributed by atoms with Crippen LogP contribution in [0.2, 0.25) is 0 Å². The molecule has 1 amide bonds. The Morgan fingerprint density at radius 1 is 1.13 bits per heavy atom. The molecule has 0 unspecified atom stereocenters. The highest BCUT2D eigenvalue weighted by molar-refractivity contribution is 5.99. The number of aldehydes is 1. The summed E-state index contributed by atoms with van der Waals surface area (Å²) in [5, 5.41) is 6.04. The third-order valence-corrected chi connectivity index (χ3v) is 4.57. The minimum Gasteiger partial charge on any atom is -0.371 e. The standard InChI is InChI=1S/C20H18N8O2/c1-22-19-16(13-7-23-8-14-15(13)24-10-28(14)2)26-17(18(21)30)20(27-19)25-12-5-3-11(9-29)4-6-12/h3-10H,1-2H3,(H2,21,30)(H2,22,25,27). The van der Waals surface area contributed by atoms with Crippen molar-refractivity contribution in [3.63, 3.8) is 0 Å². The molecule has 3 aromatic heterocycles. The van der Waals surface area contributed by atoms with E-state index in [0.29, 0.717) is 33.8 Å². The summed E-state index contributed by atoms with van der Waals surface area (Å²) in [6.07, 6.45) is 5.75. The molecule has 10 nitrogen and oxygen atoms in total. The largest absolute Gasteiger partial charge is 0.371 e. The van der Waals surface area contributed by atoms with Crippen LogP contribution < -0.4 is 16.4 Å². The number of hydrogen-bond acceptors (Lipinski definition) is 8. The lowest BCUT2D eigenvalue weighted by atomic mass is 10.1. The molecule has 0 aliphatic heterocycles. The number of rotatable bonds is 6. The number of primary amides is 1. The number of benzene rings is 1. The van der Waals surface area contributed by atoms with Crippen LogP contribution in [0.5, 0.6) is 0 Å². The average molecular weight is 402 g/mol. The molecule has 0 bridgehead atoms. The van der Waals surface area contributed by atoms with Crippen molar-refractivity contribution in [2.24, 2.45) is 12.8 Å². The second kappa shape index (κ2) is 7.59. The van der Waals surface area contributed by atoms with E-state index in [4.69, 9.17) is 5.73 Å². The van der Waals surface area contributed by atoms with Crippen LogP contribution >= 0.6 is 0 Å². The Bertz CT molecular complexity index is 1260. The molecule has 30 heavy (non-hydrogen) atoms. The van der Waals surface area contributed by atoms with Gasteiger partial charge in [-0.25, -0.2) is 15.0 Å². The molecule has 0 aliphatic carbocycles. The van der Waals surface area contributed by atoms with Gasteiger partial charge in [-0.05, 0) is 24.3 Å². The number of pyridine rings is 1. The Kier molecular flexibility index (Phi) is 4.80. The summed E-state index contributed by atoms with van der Waals surface area (Å²) in [6, 6.07) is 6.68. The van der Waals surface area contributed by atoms with Gasteiger partial charge in [0.15, 0.2) is 17.3 Å². The first-order valence-electron chi connectivity index (χ1n) is 8.99. The van der Waals surface area contributed by atoms with Crippen molar-refractivity contribution in [2.75, 3.05) is 17.7 Å². The number of aromatic nitrogens is 5. The summed E-state index contributed by atoms with van der Waals surface area (Å²) >= 11 is 0. The van der Waals surface area contributed by atoms with Crippen molar-refractivity contribution in [3.05, 3.63) is 54.2 Å². The summed E-state index contributed by atoms with van der Waals surface area (Å²) in [7, 11) is 3.56. The maximum atomic E-state index is 12.1. The third kappa shape index (κ3) is 3.30. The van der Waals surface area contributed by atoms with Crippen molar-refractivity contribution < 1.29 is 9.59 Å². The molecule has 150 valence electrons. The number of imidazole rings is 1. The minimum absolute atomic E-state index is 0.0311. The van der Waals surface area contributed by atoms with E-state index in [-0.39, 0.29) is 11.5 Å². The Morgan fingerprint density at radius 3 is 2.57 bits per heavy atom. The van der Waals surface area contributed by atoms with Crippen molar-refractivity contribution in [1.29, 1.82) is 0 Å². The first kappa shape index (κ1) is 19.0. The highest BCUT2D eigenvalue weighted by Crippen LogP contribution is 2.32. The van der Waals surface area contributed by atoms with Gasteiger partial charge >= 0.3 is 0 Å². The number of hydrogen-bond donors (Lipinski definition) is 3. The van der Waals surface area contributed by atoms with Crippen molar-refractivity contribution in [1.82, 2.24) is 24.5 Å². The van der Waals surface area contributed by atoms with E-state index in [1.54, 1.807) is 50.0 Å². The van der Waals surface area contributed by atoms with Crippen molar-refractivity contribution in [2.45, 2.75) is 0 Å². The summed E-state index contributed by atoms with van der Waals surface area (Å²) in [4.78, 5) is 40.7. The number of anilines is 3.